The van der Waals surface area contributed by atoms with Crippen molar-refractivity contribution in [1.82, 2.24) is 5.32 Å². The zero-order chi connectivity index (χ0) is 9.68. The Kier molecular flexibility index (Phi) is 3.97. The lowest BCUT2D eigenvalue weighted by atomic mass is 9.97. The van der Waals surface area contributed by atoms with Crippen LogP contribution in [-0.4, -0.2) is 6.04 Å². The molecule has 1 aliphatic rings. The van der Waals surface area contributed by atoms with Gasteiger partial charge in [-0.2, -0.15) is 0 Å². The van der Waals surface area contributed by atoms with Crippen LogP contribution in [0.5, 0.6) is 0 Å². The molecule has 1 heterocycles. The van der Waals surface area contributed by atoms with E-state index in [0.29, 0.717) is 6.04 Å². The van der Waals surface area contributed by atoms with Gasteiger partial charge in [0.1, 0.15) is 0 Å². The van der Waals surface area contributed by atoms with Crippen LogP contribution >= 0.6 is 0 Å². The summed E-state index contributed by atoms with van der Waals surface area (Å²) in [5.41, 5.74) is 2.98. The van der Waals surface area contributed by atoms with Gasteiger partial charge in [0.2, 0.25) is 0 Å². The second-order valence-electron chi connectivity index (χ2n) is 3.25. The lowest BCUT2D eigenvalue weighted by molar-refractivity contribution is 0.513. The maximum atomic E-state index is 3.44. The first-order valence-electron chi connectivity index (χ1n) is 5.16. The number of benzene rings is 1. The second-order valence-corrected chi connectivity index (χ2v) is 3.25. The SMILES string of the molecule is CC.C[C@H]1Cc2ccccc2CN1. The summed E-state index contributed by atoms with van der Waals surface area (Å²) in [7, 11) is 0. The highest BCUT2D eigenvalue weighted by Crippen LogP contribution is 2.15. The first-order chi connectivity index (χ1) is 6.36. The first kappa shape index (κ1) is 10.3. The molecule has 72 valence electrons. The maximum Gasteiger partial charge on any atom is 0.0210 e. The molecule has 1 aromatic rings. The summed E-state index contributed by atoms with van der Waals surface area (Å²) in [5.74, 6) is 0. The van der Waals surface area contributed by atoms with Gasteiger partial charge in [-0.1, -0.05) is 38.1 Å². The fourth-order valence-corrected chi connectivity index (χ4v) is 1.62. The molecule has 0 saturated heterocycles. The van der Waals surface area contributed by atoms with Crippen LogP contribution in [0.2, 0.25) is 0 Å². The zero-order valence-electron chi connectivity index (χ0n) is 8.80. The summed E-state index contributed by atoms with van der Waals surface area (Å²) in [5, 5.41) is 3.44. The van der Waals surface area contributed by atoms with Crippen molar-refractivity contribution >= 4 is 0 Å². The van der Waals surface area contributed by atoms with Crippen molar-refractivity contribution in [2.45, 2.75) is 39.8 Å². The molecule has 0 amide bonds. The molecule has 0 saturated carbocycles. The Balaban J connectivity index is 0.000000396. The second kappa shape index (κ2) is 5.03. The Morgan fingerprint density at radius 1 is 1.15 bits per heavy atom. The molecule has 1 atom stereocenters. The van der Waals surface area contributed by atoms with E-state index in [2.05, 4.69) is 36.5 Å². The predicted octanol–water partition coefficient (Wildman–Crippen LogP) is 2.75. The van der Waals surface area contributed by atoms with Gasteiger partial charge < -0.3 is 5.32 Å². The molecule has 0 fully saturated rings. The molecule has 1 heteroatoms. The Hall–Kier alpha value is -0.820. The van der Waals surface area contributed by atoms with E-state index in [1.165, 1.54) is 17.5 Å². The van der Waals surface area contributed by atoms with E-state index in [1.54, 1.807) is 0 Å². The molecule has 1 N–H and O–H groups in total. The number of rotatable bonds is 0. The molecule has 1 aromatic carbocycles. The predicted molar refractivity (Wildman–Crippen MR) is 57.8 cm³/mol. The molecule has 0 aromatic heterocycles. The van der Waals surface area contributed by atoms with Crippen molar-refractivity contribution in [3.05, 3.63) is 35.4 Å². The van der Waals surface area contributed by atoms with Crippen LogP contribution in [0.1, 0.15) is 31.9 Å². The third kappa shape index (κ3) is 2.56. The van der Waals surface area contributed by atoms with Crippen LogP contribution in [0, 0.1) is 0 Å². The Morgan fingerprint density at radius 3 is 2.46 bits per heavy atom. The monoisotopic (exact) mass is 177 g/mol. The van der Waals surface area contributed by atoms with Crippen molar-refractivity contribution in [3.63, 3.8) is 0 Å². The molecule has 13 heavy (non-hydrogen) atoms. The molecule has 0 bridgehead atoms. The summed E-state index contributed by atoms with van der Waals surface area (Å²) in [4.78, 5) is 0. The molecule has 0 aliphatic carbocycles. The minimum atomic E-state index is 0.643. The Bertz CT molecular complexity index is 255. The maximum absolute atomic E-state index is 3.44. The van der Waals surface area contributed by atoms with Crippen molar-refractivity contribution in [3.8, 4) is 0 Å². The summed E-state index contributed by atoms with van der Waals surface area (Å²) in [6.45, 7) is 7.27. The quantitative estimate of drug-likeness (QED) is 0.642. The molecule has 0 radical (unpaired) electrons. The lowest BCUT2D eigenvalue weighted by Crippen LogP contribution is -2.32. The molecule has 2 rings (SSSR count). The van der Waals surface area contributed by atoms with E-state index in [1.807, 2.05) is 13.8 Å². The van der Waals surface area contributed by atoms with Gasteiger partial charge in [-0.05, 0) is 24.5 Å². The highest BCUT2D eigenvalue weighted by molar-refractivity contribution is 5.29. The van der Waals surface area contributed by atoms with Gasteiger partial charge in [-0.3, -0.25) is 0 Å². The van der Waals surface area contributed by atoms with E-state index in [9.17, 15) is 0 Å². The minimum Gasteiger partial charge on any atom is -0.310 e. The summed E-state index contributed by atoms with van der Waals surface area (Å²) >= 11 is 0. The fourth-order valence-electron chi connectivity index (χ4n) is 1.62. The van der Waals surface area contributed by atoms with Gasteiger partial charge in [-0.25, -0.2) is 0 Å². The van der Waals surface area contributed by atoms with Gasteiger partial charge in [0, 0.05) is 12.6 Å². The Labute approximate surface area is 81.2 Å². The third-order valence-electron chi connectivity index (χ3n) is 2.29. The minimum absolute atomic E-state index is 0.643. The summed E-state index contributed by atoms with van der Waals surface area (Å²) in [6, 6.07) is 9.30. The van der Waals surface area contributed by atoms with Gasteiger partial charge in [0.05, 0.1) is 0 Å². The van der Waals surface area contributed by atoms with Crippen molar-refractivity contribution in [2.24, 2.45) is 0 Å². The van der Waals surface area contributed by atoms with Crippen LogP contribution in [0.3, 0.4) is 0 Å². The van der Waals surface area contributed by atoms with Gasteiger partial charge in [0.15, 0.2) is 0 Å². The number of nitrogens with one attached hydrogen (secondary N) is 1. The van der Waals surface area contributed by atoms with Gasteiger partial charge in [-0.15, -0.1) is 0 Å². The van der Waals surface area contributed by atoms with Crippen LogP contribution < -0.4 is 5.32 Å². The van der Waals surface area contributed by atoms with E-state index in [-0.39, 0.29) is 0 Å². The molecular formula is C12H19N. The number of hydrogen-bond acceptors (Lipinski definition) is 1. The smallest absolute Gasteiger partial charge is 0.0210 e. The topological polar surface area (TPSA) is 12.0 Å². The summed E-state index contributed by atoms with van der Waals surface area (Å²) in [6.07, 6.45) is 1.18. The van der Waals surface area contributed by atoms with Crippen molar-refractivity contribution in [2.75, 3.05) is 0 Å². The summed E-state index contributed by atoms with van der Waals surface area (Å²) < 4.78 is 0. The highest BCUT2D eigenvalue weighted by atomic mass is 14.9. The van der Waals surface area contributed by atoms with Crippen molar-refractivity contribution < 1.29 is 0 Å². The van der Waals surface area contributed by atoms with Crippen molar-refractivity contribution in [1.29, 1.82) is 0 Å². The molecular weight excluding hydrogens is 158 g/mol. The van der Waals surface area contributed by atoms with E-state index in [4.69, 9.17) is 0 Å². The average Bonchev–Trinajstić information content (AvgIpc) is 2.21. The highest BCUT2D eigenvalue weighted by Gasteiger charge is 2.12. The molecule has 1 nitrogen and oxygen atoms in total. The Morgan fingerprint density at radius 2 is 1.77 bits per heavy atom. The van der Waals surface area contributed by atoms with Crippen LogP contribution in [0.4, 0.5) is 0 Å². The standard InChI is InChI=1S/C10H13N.C2H6/c1-8-6-9-4-2-3-5-10(9)7-11-8;1-2/h2-5,8,11H,6-7H2,1H3;1-2H3/t8-;/m0./s1. The van der Waals surface area contributed by atoms with Gasteiger partial charge >= 0.3 is 0 Å². The first-order valence-corrected chi connectivity index (χ1v) is 5.16. The van der Waals surface area contributed by atoms with Crippen LogP contribution in [-0.2, 0) is 13.0 Å². The number of hydrogen-bond donors (Lipinski definition) is 1. The van der Waals surface area contributed by atoms with E-state index < -0.39 is 0 Å². The van der Waals surface area contributed by atoms with E-state index in [0.717, 1.165) is 6.54 Å². The molecule has 1 aliphatic heterocycles. The average molecular weight is 177 g/mol. The van der Waals surface area contributed by atoms with Crippen LogP contribution in [0.25, 0.3) is 0 Å². The normalized spacial score (nSPS) is 19.8. The molecule has 0 unspecified atom stereocenters. The van der Waals surface area contributed by atoms with Crippen LogP contribution in [0.15, 0.2) is 24.3 Å². The molecule has 0 spiro atoms. The third-order valence-corrected chi connectivity index (χ3v) is 2.29. The van der Waals surface area contributed by atoms with E-state index >= 15 is 0 Å². The zero-order valence-corrected chi connectivity index (χ0v) is 8.80. The van der Waals surface area contributed by atoms with Gasteiger partial charge in [0.25, 0.3) is 0 Å². The number of fused-ring (bicyclic) bond motifs is 1. The lowest BCUT2D eigenvalue weighted by Gasteiger charge is -2.22. The fraction of sp³-hybridized carbons (Fsp3) is 0.500. The largest absolute Gasteiger partial charge is 0.310 e.